The molecule has 0 saturated heterocycles. The molecule has 0 spiro atoms. The summed E-state index contributed by atoms with van der Waals surface area (Å²) in [5.41, 5.74) is 1.19. The third-order valence-electron chi connectivity index (χ3n) is 1.49. The van der Waals surface area contributed by atoms with E-state index in [-0.39, 0.29) is 6.90 Å². The van der Waals surface area contributed by atoms with Crippen LogP contribution in [0.15, 0.2) is 29.3 Å². The van der Waals surface area contributed by atoms with Crippen LogP contribution in [0.2, 0.25) is 0 Å². The van der Waals surface area contributed by atoms with Gasteiger partial charge in [0.05, 0.1) is 0 Å². The predicted octanol–water partition coefficient (Wildman–Crippen LogP) is 1.18. The molecule has 0 bridgehead atoms. The maximum absolute atomic E-state index is 4.02. The van der Waals surface area contributed by atoms with Gasteiger partial charge in [0.2, 0.25) is 0 Å². The second kappa shape index (κ2) is 8.01. The summed E-state index contributed by atoms with van der Waals surface area (Å²) in [6.07, 6.45) is 4.83. The highest BCUT2D eigenvalue weighted by Gasteiger charge is 1.90. The second-order valence-corrected chi connectivity index (χ2v) is 2.14. The van der Waals surface area contributed by atoms with Gasteiger partial charge in [0.15, 0.2) is 0 Å². The summed E-state index contributed by atoms with van der Waals surface area (Å²) < 4.78 is 0. The lowest BCUT2D eigenvalue weighted by atomic mass is 10.2. The highest BCUT2D eigenvalue weighted by Crippen LogP contribution is 2.00. The van der Waals surface area contributed by atoms with Gasteiger partial charge >= 0.3 is 0 Å². The summed E-state index contributed by atoms with van der Waals surface area (Å²) in [7, 11) is 3.62. The molecular formula is C9H20N2O. The van der Waals surface area contributed by atoms with E-state index < -0.39 is 0 Å². The van der Waals surface area contributed by atoms with Crippen LogP contribution in [0.3, 0.4) is 0 Å². The van der Waals surface area contributed by atoms with Gasteiger partial charge in [-0.05, 0) is 18.1 Å². The van der Waals surface area contributed by atoms with E-state index >= 15 is 0 Å². The van der Waals surface area contributed by atoms with Crippen molar-refractivity contribution < 1.29 is 6.90 Å². The molecule has 3 nitrogen and oxygen atoms in total. The van der Waals surface area contributed by atoms with Gasteiger partial charge in [0.1, 0.15) is 5.84 Å². The molecule has 0 aliphatic rings. The van der Waals surface area contributed by atoms with Crippen LogP contribution in [-0.2, 0) is 0 Å². The van der Waals surface area contributed by atoms with E-state index in [9.17, 15) is 0 Å². The number of hydrogen-bond acceptors (Lipinski definition) is 1. The lowest BCUT2D eigenvalue weighted by Gasteiger charge is -1.99. The topological polar surface area (TPSA) is 55.9 Å². The predicted molar refractivity (Wildman–Crippen MR) is 56.7 cm³/mol. The summed E-state index contributed by atoms with van der Waals surface area (Å²) in [5, 5.41) is 2.98. The third kappa shape index (κ3) is 4.68. The molecular weight excluding hydrogens is 152 g/mol. The Morgan fingerprint density at radius 2 is 2.25 bits per heavy atom. The fourth-order valence-corrected chi connectivity index (χ4v) is 0.729. The van der Waals surface area contributed by atoms with Gasteiger partial charge in [-0.3, -0.25) is 4.99 Å². The number of rotatable bonds is 3. The van der Waals surface area contributed by atoms with E-state index in [1.165, 1.54) is 5.57 Å². The van der Waals surface area contributed by atoms with Crippen molar-refractivity contribution in [3.05, 3.63) is 24.3 Å². The summed E-state index contributed by atoms with van der Waals surface area (Å²) >= 11 is 0. The molecule has 0 atom stereocenters. The standard InChI is InChI=1S/C9H16N2.H2O.H2/c1-5-8(6-2)7-9(10-3)11-4;;/h5,7H,1,6H2,2-4H3,(H,10,11);1H2;1H/b8-7+;;. The molecule has 0 saturated carbocycles. The lowest BCUT2D eigenvalue weighted by Crippen LogP contribution is -2.15. The SMILES string of the molecule is C=C/C(=C\C(=NC)NC)CC.O.[HH]. The average molecular weight is 172 g/mol. The van der Waals surface area contributed by atoms with Crippen LogP contribution in [0.5, 0.6) is 0 Å². The van der Waals surface area contributed by atoms with Crippen molar-refractivity contribution in [2.75, 3.05) is 14.1 Å². The highest BCUT2D eigenvalue weighted by molar-refractivity contribution is 5.93. The molecule has 0 amide bonds. The Morgan fingerprint density at radius 1 is 1.67 bits per heavy atom. The number of likely N-dealkylation sites (N-methyl/N-ethyl adjacent to an activating group) is 1. The number of nitrogens with one attached hydrogen (secondary N) is 1. The summed E-state index contributed by atoms with van der Waals surface area (Å²) in [5.74, 6) is 0.891. The van der Waals surface area contributed by atoms with Gasteiger partial charge in [-0.25, -0.2) is 0 Å². The Hall–Kier alpha value is -1.09. The zero-order valence-corrected chi connectivity index (χ0v) is 8.02. The fourth-order valence-electron chi connectivity index (χ4n) is 0.729. The van der Waals surface area contributed by atoms with E-state index in [1.807, 2.05) is 19.2 Å². The molecule has 0 aromatic heterocycles. The van der Waals surface area contributed by atoms with Gasteiger partial charge in [-0.2, -0.15) is 0 Å². The fraction of sp³-hybridized carbons (Fsp3) is 0.444. The van der Waals surface area contributed by atoms with Crippen molar-refractivity contribution in [1.29, 1.82) is 0 Å². The molecule has 0 heterocycles. The summed E-state index contributed by atoms with van der Waals surface area (Å²) in [4.78, 5) is 4.02. The molecule has 0 aliphatic carbocycles. The van der Waals surface area contributed by atoms with Crippen LogP contribution in [0.1, 0.15) is 14.8 Å². The van der Waals surface area contributed by atoms with E-state index in [4.69, 9.17) is 0 Å². The first-order valence-corrected chi connectivity index (χ1v) is 3.76. The normalized spacial score (nSPS) is 11.9. The van der Waals surface area contributed by atoms with Crippen LogP contribution in [0.25, 0.3) is 0 Å². The molecule has 0 unspecified atom stereocenters. The first kappa shape index (κ1) is 13.5. The van der Waals surface area contributed by atoms with E-state index in [0.717, 1.165) is 12.3 Å². The number of nitrogens with zero attached hydrogens (tertiary/aromatic N) is 1. The van der Waals surface area contributed by atoms with Crippen LogP contribution in [0, 0.1) is 0 Å². The third-order valence-corrected chi connectivity index (χ3v) is 1.49. The molecule has 3 heteroatoms. The first-order valence-electron chi connectivity index (χ1n) is 3.76. The zero-order valence-electron chi connectivity index (χ0n) is 8.02. The maximum Gasteiger partial charge on any atom is 0.120 e. The van der Waals surface area contributed by atoms with Crippen molar-refractivity contribution in [3.63, 3.8) is 0 Å². The number of hydrogen-bond donors (Lipinski definition) is 1. The maximum atomic E-state index is 4.02. The minimum atomic E-state index is 0. The quantitative estimate of drug-likeness (QED) is 0.388. The molecule has 0 aromatic rings. The number of amidine groups is 1. The minimum absolute atomic E-state index is 0. The zero-order chi connectivity index (χ0) is 8.69. The largest absolute Gasteiger partial charge is 0.412 e. The van der Waals surface area contributed by atoms with Crippen molar-refractivity contribution in [3.8, 4) is 0 Å². The van der Waals surface area contributed by atoms with Crippen molar-refractivity contribution in [1.82, 2.24) is 5.32 Å². The Balaban J connectivity index is -0.000000500. The van der Waals surface area contributed by atoms with Gasteiger partial charge < -0.3 is 10.8 Å². The van der Waals surface area contributed by atoms with E-state index in [2.05, 4.69) is 23.8 Å². The van der Waals surface area contributed by atoms with Gasteiger partial charge in [0, 0.05) is 15.5 Å². The molecule has 0 aliphatic heterocycles. The van der Waals surface area contributed by atoms with Gasteiger partial charge in [-0.15, -0.1) is 0 Å². The Bertz CT molecular complexity index is 188. The van der Waals surface area contributed by atoms with Crippen molar-refractivity contribution in [2.24, 2.45) is 4.99 Å². The van der Waals surface area contributed by atoms with Crippen molar-refractivity contribution >= 4 is 5.84 Å². The Kier molecular flexibility index (Phi) is 9.01. The monoisotopic (exact) mass is 172 g/mol. The van der Waals surface area contributed by atoms with Crippen molar-refractivity contribution in [2.45, 2.75) is 13.3 Å². The summed E-state index contributed by atoms with van der Waals surface area (Å²) in [6.45, 7) is 5.80. The molecule has 0 fully saturated rings. The second-order valence-electron chi connectivity index (χ2n) is 2.14. The lowest BCUT2D eigenvalue weighted by molar-refractivity contribution is 0.824. The Morgan fingerprint density at radius 3 is 2.50 bits per heavy atom. The summed E-state index contributed by atoms with van der Waals surface area (Å²) in [6, 6.07) is 0. The smallest absolute Gasteiger partial charge is 0.120 e. The molecule has 0 aromatic carbocycles. The Labute approximate surface area is 75.7 Å². The number of allylic oxidation sites excluding steroid dienone is 2. The van der Waals surface area contributed by atoms with Crippen LogP contribution < -0.4 is 5.32 Å². The van der Waals surface area contributed by atoms with Gasteiger partial charge in [0.25, 0.3) is 0 Å². The number of aliphatic imine (C=N–C) groups is 1. The molecule has 72 valence electrons. The van der Waals surface area contributed by atoms with E-state index in [1.54, 1.807) is 7.05 Å². The molecule has 12 heavy (non-hydrogen) atoms. The van der Waals surface area contributed by atoms with Gasteiger partial charge in [-0.1, -0.05) is 19.6 Å². The van der Waals surface area contributed by atoms with Crippen LogP contribution in [-0.4, -0.2) is 25.4 Å². The van der Waals surface area contributed by atoms with E-state index in [0.29, 0.717) is 0 Å². The average Bonchev–Trinajstić information content (AvgIpc) is 2.07. The van der Waals surface area contributed by atoms with Crippen LogP contribution in [0.4, 0.5) is 0 Å². The first-order chi connectivity index (χ1) is 5.28. The molecule has 0 radical (unpaired) electrons. The molecule has 0 rings (SSSR count). The minimum Gasteiger partial charge on any atom is -0.412 e. The van der Waals surface area contributed by atoms with Crippen LogP contribution >= 0.6 is 0 Å². The highest BCUT2D eigenvalue weighted by atomic mass is 16.0. The molecule has 3 N–H and O–H groups in total.